The van der Waals surface area contributed by atoms with Crippen molar-refractivity contribution in [3.63, 3.8) is 0 Å². The maximum absolute atomic E-state index is 8.88. The van der Waals surface area contributed by atoms with Crippen LogP contribution < -0.4 is 5.32 Å². The molecular weight excluding hydrogens is 176 g/mol. The second-order valence-electron chi connectivity index (χ2n) is 3.08. The lowest BCUT2D eigenvalue weighted by molar-refractivity contribution is 0.211. The third-order valence-electron chi connectivity index (χ3n) is 1.92. The van der Waals surface area contributed by atoms with Crippen LogP contribution in [-0.4, -0.2) is 20.3 Å². The highest BCUT2D eigenvalue weighted by atomic mass is 16.5. The summed E-state index contributed by atoms with van der Waals surface area (Å²) >= 11 is 0. The minimum Gasteiger partial charge on any atom is -0.383 e. The molecule has 0 radical (unpaired) electrons. The highest BCUT2D eigenvalue weighted by molar-refractivity contribution is 5.58. The second kappa shape index (κ2) is 5.25. The predicted molar refractivity (Wildman–Crippen MR) is 56.3 cm³/mol. The van der Waals surface area contributed by atoms with E-state index in [1.807, 2.05) is 25.1 Å². The smallest absolute Gasteiger partial charge is 0.101 e. The zero-order valence-corrected chi connectivity index (χ0v) is 8.50. The van der Waals surface area contributed by atoms with E-state index in [1.165, 1.54) is 0 Å². The van der Waals surface area contributed by atoms with Gasteiger partial charge in [0.2, 0.25) is 0 Å². The number of hydrogen-bond acceptors (Lipinski definition) is 3. The number of nitrogens with zero attached hydrogens (tertiary/aromatic N) is 1. The van der Waals surface area contributed by atoms with Gasteiger partial charge in [-0.15, -0.1) is 0 Å². The molecule has 1 aromatic carbocycles. The number of methoxy groups -OCH3 is 1. The van der Waals surface area contributed by atoms with Gasteiger partial charge in [0.1, 0.15) is 6.07 Å². The van der Waals surface area contributed by atoms with E-state index in [4.69, 9.17) is 10.00 Å². The van der Waals surface area contributed by atoms with Crippen LogP contribution in [-0.2, 0) is 4.74 Å². The van der Waals surface area contributed by atoms with Crippen molar-refractivity contribution in [1.29, 1.82) is 5.26 Å². The first-order chi connectivity index (χ1) is 6.77. The van der Waals surface area contributed by atoms with Crippen molar-refractivity contribution in [3.8, 4) is 6.07 Å². The van der Waals surface area contributed by atoms with E-state index in [1.54, 1.807) is 7.11 Å². The second-order valence-corrected chi connectivity index (χ2v) is 3.08. The molecule has 74 valence electrons. The normalized spacial score (nSPS) is 9.50. The quantitative estimate of drug-likeness (QED) is 0.738. The number of ether oxygens (including phenoxy) is 1. The Kier molecular flexibility index (Phi) is 3.96. The monoisotopic (exact) mass is 190 g/mol. The van der Waals surface area contributed by atoms with Crippen LogP contribution in [0.25, 0.3) is 0 Å². The lowest BCUT2D eigenvalue weighted by atomic mass is 10.1. The fourth-order valence-electron chi connectivity index (χ4n) is 1.19. The highest BCUT2D eigenvalue weighted by Crippen LogP contribution is 2.15. The first kappa shape index (κ1) is 10.6. The molecule has 0 aliphatic carbocycles. The Labute approximate surface area is 84.3 Å². The van der Waals surface area contributed by atoms with Gasteiger partial charge in [0, 0.05) is 13.7 Å². The molecule has 1 rings (SSSR count). The van der Waals surface area contributed by atoms with Gasteiger partial charge in [-0.25, -0.2) is 0 Å². The Hall–Kier alpha value is -1.53. The van der Waals surface area contributed by atoms with Gasteiger partial charge in [-0.1, -0.05) is 6.07 Å². The van der Waals surface area contributed by atoms with Gasteiger partial charge in [-0.2, -0.15) is 5.26 Å². The summed E-state index contributed by atoms with van der Waals surface area (Å²) in [7, 11) is 1.65. The molecule has 0 bridgehead atoms. The summed E-state index contributed by atoms with van der Waals surface area (Å²) in [4.78, 5) is 0. The number of benzene rings is 1. The molecule has 0 amide bonds. The number of anilines is 1. The van der Waals surface area contributed by atoms with Crippen LogP contribution >= 0.6 is 0 Å². The summed E-state index contributed by atoms with van der Waals surface area (Å²) in [6, 6.07) is 7.93. The minimum absolute atomic E-state index is 0.638. The highest BCUT2D eigenvalue weighted by Gasteiger charge is 2.00. The van der Waals surface area contributed by atoms with Gasteiger partial charge in [0.05, 0.1) is 17.9 Å². The predicted octanol–water partition coefficient (Wildman–Crippen LogP) is 1.93. The zero-order chi connectivity index (χ0) is 10.4. The van der Waals surface area contributed by atoms with E-state index < -0.39 is 0 Å². The van der Waals surface area contributed by atoms with Crippen LogP contribution in [0.15, 0.2) is 18.2 Å². The fraction of sp³-hybridized carbons (Fsp3) is 0.364. The van der Waals surface area contributed by atoms with Crippen LogP contribution in [0.3, 0.4) is 0 Å². The molecule has 0 unspecified atom stereocenters. The third-order valence-corrected chi connectivity index (χ3v) is 1.92. The van der Waals surface area contributed by atoms with Crippen molar-refractivity contribution in [1.82, 2.24) is 0 Å². The summed E-state index contributed by atoms with van der Waals surface area (Å²) in [5.74, 6) is 0. The van der Waals surface area contributed by atoms with Crippen LogP contribution in [0.2, 0.25) is 0 Å². The molecule has 0 spiro atoms. The van der Waals surface area contributed by atoms with Gasteiger partial charge in [0.15, 0.2) is 0 Å². The van der Waals surface area contributed by atoms with Gasteiger partial charge in [0.25, 0.3) is 0 Å². The molecule has 0 fully saturated rings. The van der Waals surface area contributed by atoms with E-state index in [0.717, 1.165) is 11.3 Å². The Morgan fingerprint density at radius 1 is 1.50 bits per heavy atom. The van der Waals surface area contributed by atoms with E-state index >= 15 is 0 Å². The Balaban J connectivity index is 2.72. The fourth-order valence-corrected chi connectivity index (χ4v) is 1.19. The number of aryl methyl sites for hydroxylation is 1. The van der Waals surface area contributed by atoms with Crippen LogP contribution in [0.1, 0.15) is 11.1 Å². The van der Waals surface area contributed by atoms with Gasteiger partial charge in [-0.05, 0) is 24.6 Å². The topological polar surface area (TPSA) is 45.0 Å². The standard InChI is InChI=1S/C11H14N2O/c1-9-3-4-11(10(7-9)8-12)13-5-6-14-2/h3-4,7,13H,5-6H2,1-2H3. The lowest BCUT2D eigenvalue weighted by Gasteiger charge is -2.07. The number of rotatable bonds is 4. The number of nitrogens with one attached hydrogen (secondary N) is 1. The summed E-state index contributed by atoms with van der Waals surface area (Å²) in [5, 5.41) is 12.0. The van der Waals surface area contributed by atoms with E-state index in [9.17, 15) is 0 Å². The SMILES string of the molecule is COCCNc1ccc(C)cc1C#N. The molecule has 0 atom stereocenters. The molecule has 0 saturated carbocycles. The first-order valence-electron chi connectivity index (χ1n) is 4.51. The van der Waals surface area contributed by atoms with Crippen molar-refractivity contribution < 1.29 is 4.74 Å². The maximum atomic E-state index is 8.88. The molecule has 0 aliphatic heterocycles. The van der Waals surface area contributed by atoms with Crippen molar-refractivity contribution in [2.24, 2.45) is 0 Å². The van der Waals surface area contributed by atoms with Crippen molar-refractivity contribution in [3.05, 3.63) is 29.3 Å². The number of nitriles is 1. The summed E-state index contributed by atoms with van der Waals surface area (Å²) in [5.41, 5.74) is 2.65. The summed E-state index contributed by atoms with van der Waals surface area (Å²) < 4.78 is 4.92. The van der Waals surface area contributed by atoms with Crippen LogP contribution in [0.4, 0.5) is 5.69 Å². The Bertz CT molecular complexity index is 342. The van der Waals surface area contributed by atoms with Gasteiger partial charge >= 0.3 is 0 Å². The van der Waals surface area contributed by atoms with Crippen molar-refractivity contribution in [2.75, 3.05) is 25.6 Å². The van der Waals surface area contributed by atoms with E-state index in [2.05, 4.69) is 11.4 Å². The van der Waals surface area contributed by atoms with E-state index in [-0.39, 0.29) is 0 Å². The molecular formula is C11H14N2O. The third kappa shape index (κ3) is 2.75. The van der Waals surface area contributed by atoms with Crippen LogP contribution in [0.5, 0.6) is 0 Å². The Morgan fingerprint density at radius 3 is 2.93 bits per heavy atom. The van der Waals surface area contributed by atoms with Crippen molar-refractivity contribution >= 4 is 5.69 Å². The first-order valence-corrected chi connectivity index (χ1v) is 4.51. The molecule has 0 aromatic heterocycles. The van der Waals surface area contributed by atoms with Crippen LogP contribution in [0, 0.1) is 18.3 Å². The summed E-state index contributed by atoms with van der Waals surface area (Å²) in [6.45, 7) is 3.33. The molecule has 1 N–H and O–H groups in total. The van der Waals surface area contributed by atoms with E-state index in [0.29, 0.717) is 18.7 Å². The molecule has 14 heavy (non-hydrogen) atoms. The average molecular weight is 190 g/mol. The zero-order valence-electron chi connectivity index (χ0n) is 8.50. The van der Waals surface area contributed by atoms with Crippen molar-refractivity contribution in [2.45, 2.75) is 6.92 Å². The summed E-state index contributed by atoms with van der Waals surface area (Å²) in [6.07, 6.45) is 0. The lowest BCUT2D eigenvalue weighted by Crippen LogP contribution is -2.08. The molecule has 3 heteroatoms. The minimum atomic E-state index is 0.638. The molecule has 0 heterocycles. The Morgan fingerprint density at radius 2 is 2.29 bits per heavy atom. The van der Waals surface area contributed by atoms with Gasteiger partial charge in [-0.3, -0.25) is 0 Å². The molecule has 3 nitrogen and oxygen atoms in total. The van der Waals surface area contributed by atoms with Gasteiger partial charge < -0.3 is 10.1 Å². The largest absolute Gasteiger partial charge is 0.383 e. The average Bonchev–Trinajstić information content (AvgIpc) is 2.20. The maximum Gasteiger partial charge on any atom is 0.101 e. The molecule has 1 aromatic rings. The number of hydrogen-bond donors (Lipinski definition) is 1. The molecule has 0 aliphatic rings. The molecule has 0 saturated heterocycles.